The molecule has 0 bridgehead atoms. The highest BCUT2D eigenvalue weighted by atomic mass is 28.4. The van der Waals surface area contributed by atoms with Gasteiger partial charge in [0.05, 0.1) is 0 Å². The van der Waals surface area contributed by atoms with Gasteiger partial charge in [-0.15, -0.1) is 0 Å². The van der Waals surface area contributed by atoms with E-state index in [1.54, 1.807) is 0 Å². The Hall–Kier alpha value is -1.41. The van der Waals surface area contributed by atoms with Crippen LogP contribution in [0.2, 0.25) is 24.2 Å². The highest BCUT2D eigenvalue weighted by Gasteiger charge is 2.29. The van der Waals surface area contributed by atoms with Crippen LogP contribution in [0.1, 0.15) is 27.7 Å². The SMILES string of the molecule is CC[Si](O)(CC)c1ccc(Oc2ccc([Si](O)(CC)CC)cc2)cc1. The number of rotatable bonds is 8. The quantitative estimate of drug-likeness (QED) is 0.690. The van der Waals surface area contributed by atoms with Crippen molar-refractivity contribution in [2.24, 2.45) is 0 Å². The Labute approximate surface area is 153 Å². The van der Waals surface area contributed by atoms with Crippen LogP contribution in [0.5, 0.6) is 11.5 Å². The minimum Gasteiger partial charge on any atom is -0.457 e. The molecule has 0 atom stereocenters. The summed E-state index contributed by atoms with van der Waals surface area (Å²) in [7, 11) is -4.61. The molecule has 0 aliphatic rings. The van der Waals surface area contributed by atoms with E-state index in [4.69, 9.17) is 4.74 Å². The lowest BCUT2D eigenvalue weighted by Gasteiger charge is -2.23. The molecule has 2 aromatic carbocycles. The summed E-state index contributed by atoms with van der Waals surface area (Å²) in [6.07, 6.45) is 0. The second-order valence-electron chi connectivity index (χ2n) is 6.63. The molecule has 3 nitrogen and oxygen atoms in total. The Morgan fingerprint density at radius 2 is 0.880 bits per heavy atom. The Bertz CT molecular complexity index is 601. The van der Waals surface area contributed by atoms with Crippen LogP contribution in [0.3, 0.4) is 0 Å². The van der Waals surface area contributed by atoms with Crippen molar-refractivity contribution < 1.29 is 14.3 Å². The summed E-state index contributed by atoms with van der Waals surface area (Å²) < 4.78 is 5.92. The predicted octanol–water partition coefficient (Wildman–Crippen LogP) is 3.85. The van der Waals surface area contributed by atoms with Crippen LogP contribution in [0.4, 0.5) is 0 Å². The molecule has 0 fully saturated rings. The molecular formula is C20H30O3Si2. The fourth-order valence-corrected chi connectivity index (χ4v) is 7.33. The minimum atomic E-state index is -2.30. The maximum atomic E-state index is 10.7. The molecule has 2 N–H and O–H groups in total. The maximum absolute atomic E-state index is 10.7. The fourth-order valence-electron chi connectivity index (χ4n) is 3.12. The first-order chi connectivity index (χ1) is 11.9. The number of ether oxygens (including phenoxy) is 1. The van der Waals surface area contributed by atoms with Crippen molar-refractivity contribution >= 4 is 27.0 Å². The van der Waals surface area contributed by atoms with Gasteiger partial charge < -0.3 is 14.3 Å². The molecule has 5 heteroatoms. The van der Waals surface area contributed by atoms with E-state index in [-0.39, 0.29) is 0 Å². The van der Waals surface area contributed by atoms with Crippen molar-refractivity contribution in [3.05, 3.63) is 48.5 Å². The van der Waals surface area contributed by atoms with Crippen LogP contribution in [-0.2, 0) is 0 Å². The Morgan fingerprint density at radius 3 is 1.12 bits per heavy atom. The highest BCUT2D eigenvalue weighted by molar-refractivity contribution is 6.85. The zero-order valence-electron chi connectivity index (χ0n) is 15.7. The first-order valence-electron chi connectivity index (χ1n) is 9.24. The third-order valence-corrected chi connectivity index (χ3v) is 12.9. The lowest BCUT2D eigenvalue weighted by Crippen LogP contribution is -2.46. The molecule has 2 aromatic rings. The van der Waals surface area contributed by atoms with E-state index >= 15 is 0 Å². The molecule has 0 heterocycles. The molecule has 0 spiro atoms. The smallest absolute Gasteiger partial charge is 0.219 e. The average molecular weight is 375 g/mol. The van der Waals surface area contributed by atoms with Gasteiger partial charge in [-0.05, 0) is 58.8 Å². The van der Waals surface area contributed by atoms with Crippen LogP contribution in [0.15, 0.2) is 48.5 Å². The second-order valence-corrected chi connectivity index (χ2v) is 14.7. The zero-order valence-corrected chi connectivity index (χ0v) is 17.7. The Balaban J connectivity index is 2.13. The minimum absolute atomic E-state index is 0.763. The van der Waals surface area contributed by atoms with Crippen molar-refractivity contribution in [2.45, 2.75) is 51.9 Å². The first kappa shape index (κ1) is 19.9. The van der Waals surface area contributed by atoms with E-state index in [0.717, 1.165) is 46.0 Å². The summed E-state index contributed by atoms with van der Waals surface area (Å²) in [6, 6.07) is 19.0. The van der Waals surface area contributed by atoms with Gasteiger partial charge in [-0.3, -0.25) is 0 Å². The van der Waals surface area contributed by atoms with E-state index < -0.39 is 16.6 Å². The predicted molar refractivity (Wildman–Crippen MR) is 110 cm³/mol. The van der Waals surface area contributed by atoms with E-state index in [9.17, 15) is 9.59 Å². The van der Waals surface area contributed by atoms with Crippen LogP contribution < -0.4 is 15.1 Å². The Morgan fingerprint density at radius 1 is 0.600 bits per heavy atom. The second kappa shape index (κ2) is 8.32. The average Bonchev–Trinajstić information content (AvgIpc) is 2.68. The van der Waals surface area contributed by atoms with E-state index in [1.807, 2.05) is 48.5 Å². The summed E-state index contributed by atoms with van der Waals surface area (Å²) >= 11 is 0. The van der Waals surface area contributed by atoms with Gasteiger partial charge in [0.1, 0.15) is 11.5 Å². The topological polar surface area (TPSA) is 49.7 Å². The van der Waals surface area contributed by atoms with Crippen molar-refractivity contribution in [3.63, 3.8) is 0 Å². The van der Waals surface area contributed by atoms with Gasteiger partial charge in [0.15, 0.2) is 0 Å². The summed E-state index contributed by atoms with van der Waals surface area (Å²) in [4.78, 5) is 21.4. The van der Waals surface area contributed by atoms with Crippen LogP contribution >= 0.6 is 0 Å². The van der Waals surface area contributed by atoms with Crippen molar-refractivity contribution in [3.8, 4) is 11.5 Å². The van der Waals surface area contributed by atoms with Gasteiger partial charge >= 0.3 is 0 Å². The van der Waals surface area contributed by atoms with Crippen LogP contribution in [0, 0.1) is 0 Å². The summed E-state index contributed by atoms with van der Waals surface area (Å²) in [5.41, 5.74) is 0. The van der Waals surface area contributed by atoms with Gasteiger partial charge in [-0.2, -0.15) is 0 Å². The lowest BCUT2D eigenvalue weighted by molar-refractivity contribution is 0.482. The Kier molecular flexibility index (Phi) is 6.62. The number of benzene rings is 2. The third-order valence-electron chi connectivity index (χ3n) is 5.36. The molecule has 0 radical (unpaired) electrons. The molecule has 0 saturated heterocycles. The van der Waals surface area contributed by atoms with E-state index in [2.05, 4.69) is 27.7 Å². The molecule has 2 rings (SSSR count). The van der Waals surface area contributed by atoms with Gasteiger partial charge in [0, 0.05) is 0 Å². The lowest BCUT2D eigenvalue weighted by atomic mass is 10.3. The molecule has 0 aliphatic heterocycles. The fraction of sp³-hybridized carbons (Fsp3) is 0.400. The van der Waals surface area contributed by atoms with Crippen LogP contribution in [0.25, 0.3) is 0 Å². The van der Waals surface area contributed by atoms with Crippen molar-refractivity contribution in [2.75, 3.05) is 0 Å². The van der Waals surface area contributed by atoms with Gasteiger partial charge in [-0.25, -0.2) is 0 Å². The van der Waals surface area contributed by atoms with Gasteiger partial charge in [-0.1, -0.05) is 52.0 Å². The standard InChI is InChI=1S/C20H30O3Si2/c1-5-24(21,6-2)19-13-9-17(10-14-19)23-18-11-15-20(16-12-18)25(22,7-3)8-4/h9-16,21-22H,5-8H2,1-4H3. The molecule has 0 saturated carbocycles. The molecule has 25 heavy (non-hydrogen) atoms. The summed E-state index contributed by atoms with van der Waals surface area (Å²) in [6.45, 7) is 8.22. The van der Waals surface area contributed by atoms with Crippen molar-refractivity contribution in [1.29, 1.82) is 0 Å². The molecular weight excluding hydrogens is 344 g/mol. The molecule has 0 unspecified atom stereocenters. The summed E-state index contributed by atoms with van der Waals surface area (Å²) in [5, 5.41) is 2.12. The van der Waals surface area contributed by atoms with Crippen molar-refractivity contribution in [1.82, 2.24) is 0 Å². The first-order valence-corrected chi connectivity index (χ1v) is 14.0. The highest BCUT2D eigenvalue weighted by Crippen LogP contribution is 2.22. The normalized spacial score (nSPS) is 12.2. The van der Waals surface area contributed by atoms with Gasteiger partial charge in [0.25, 0.3) is 0 Å². The summed E-state index contributed by atoms with van der Waals surface area (Å²) in [5.74, 6) is 1.53. The zero-order chi connectivity index (χ0) is 18.5. The molecule has 0 aromatic heterocycles. The maximum Gasteiger partial charge on any atom is 0.219 e. The van der Waals surface area contributed by atoms with E-state index in [0.29, 0.717) is 0 Å². The van der Waals surface area contributed by atoms with Gasteiger partial charge in [0.2, 0.25) is 16.6 Å². The monoisotopic (exact) mass is 374 g/mol. The number of hydrogen-bond acceptors (Lipinski definition) is 3. The molecule has 136 valence electrons. The van der Waals surface area contributed by atoms with E-state index in [1.165, 1.54) is 0 Å². The largest absolute Gasteiger partial charge is 0.457 e. The third kappa shape index (κ3) is 4.41. The number of hydrogen-bond donors (Lipinski definition) is 2. The van der Waals surface area contributed by atoms with Crippen LogP contribution in [-0.4, -0.2) is 26.2 Å². The molecule has 0 aliphatic carbocycles. The molecule has 0 amide bonds.